The standard InChI is InChI=1S/C18H33NO2/c1-16(2,3)12-10-13(14(20)17(4,5)6)19(11-12)15(21)18(7,8)9/h12-13H,10-11H2,1-9H3. The van der Waals surface area contributed by atoms with Gasteiger partial charge < -0.3 is 4.90 Å². The van der Waals surface area contributed by atoms with E-state index in [0.29, 0.717) is 12.5 Å². The second-order valence-electron chi connectivity index (χ2n) is 9.64. The van der Waals surface area contributed by atoms with E-state index in [1.807, 2.05) is 46.4 Å². The van der Waals surface area contributed by atoms with Crippen LogP contribution in [0.2, 0.25) is 0 Å². The molecule has 0 radical (unpaired) electrons. The third-order valence-corrected chi connectivity index (χ3v) is 4.47. The summed E-state index contributed by atoms with van der Waals surface area (Å²) in [4.78, 5) is 27.4. The Morgan fingerprint density at radius 2 is 1.33 bits per heavy atom. The van der Waals surface area contributed by atoms with Crippen molar-refractivity contribution < 1.29 is 9.59 Å². The smallest absolute Gasteiger partial charge is 0.228 e. The van der Waals surface area contributed by atoms with Gasteiger partial charge in [-0.3, -0.25) is 9.59 Å². The van der Waals surface area contributed by atoms with Gasteiger partial charge in [-0.15, -0.1) is 0 Å². The van der Waals surface area contributed by atoms with Gasteiger partial charge in [0.15, 0.2) is 5.78 Å². The number of amides is 1. The number of carbonyl (C=O) groups is 2. The first-order valence-electron chi connectivity index (χ1n) is 8.01. The highest BCUT2D eigenvalue weighted by Gasteiger charge is 2.47. The van der Waals surface area contributed by atoms with Gasteiger partial charge in [0.25, 0.3) is 0 Å². The fraction of sp³-hybridized carbons (Fsp3) is 0.889. The summed E-state index contributed by atoms with van der Waals surface area (Å²) in [6.07, 6.45) is 0.793. The van der Waals surface area contributed by atoms with Gasteiger partial charge in [-0.25, -0.2) is 0 Å². The summed E-state index contributed by atoms with van der Waals surface area (Å²) in [7, 11) is 0. The highest BCUT2D eigenvalue weighted by Crippen LogP contribution is 2.40. The van der Waals surface area contributed by atoms with Gasteiger partial charge in [-0.05, 0) is 17.8 Å². The maximum atomic E-state index is 12.8. The topological polar surface area (TPSA) is 37.4 Å². The molecular weight excluding hydrogens is 262 g/mol. The lowest BCUT2D eigenvalue weighted by atomic mass is 9.77. The Hall–Kier alpha value is -0.860. The number of Topliss-reactive ketones (excluding diaryl/α,β-unsaturated/α-hetero) is 1. The van der Waals surface area contributed by atoms with Crippen LogP contribution in [0, 0.1) is 22.2 Å². The third kappa shape index (κ3) is 4.08. The zero-order valence-electron chi connectivity index (χ0n) is 15.3. The molecule has 2 atom stereocenters. The molecule has 0 spiro atoms. The van der Waals surface area contributed by atoms with Gasteiger partial charge in [-0.2, -0.15) is 0 Å². The molecular formula is C18H33NO2. The molecule has 1 saturated heterocycles. The van der Waals surface area contributed by atoms with Crippen LogP contribution in [0.25, 0.3) is 0 Å². The molecule has 3 heteroatoms. The van der Waals surface area contributed by atoms with E-state index in [1.54, 1.807) is 0 Å². The predicted molar refractivity (Wildman–Crippen MR) is 87.0 cm³/mol. The van der Waals surface area contributed by atoms with Crippen LogP contribution in [0.5, 0.6) is 0 Å². The van der Waals surface area contributed by atoms with Gasteiger partial charge in [0, 0.05) is 17.4 Å². The summed E-state index contributed by atoms with van der Waals surface area (Å²) in [5.41, 5.74) is -0.736. The van der Waals surface area contributed by atoms with Crippen molar-refractivity contribution in [2.24, 2.45) is 22.2 Å². The van der Waals surface area contributed by atoms with E-state index in [2.05, 4.69) is 20.8 Å². The maximum Gasteiger partial charge on any atom is 0.228 e. The van der Waals surface area contributed by atoms with Crippen molar-refractivity contribution in [3.63, 3.8) is 0 Å². The summed E-state index contributed by atoms with van der Waals surface area (Å²) in [6, 6.07) is -0.263. The van der Waals surface area contributed by atoms with Gasteiger partial charge >= 0.3 is 0 Å². The molecule has 1 rings (SSSR count). The fourth-order valence-electron chi connectivity index (χ4n) is 2.87. The number of ketones is 1. The Labute approximate surface area is 130 Å². The normalized spacial score (nSPS) is 24.3. The van der Waals surface area contributed by atoms with Crippen molar-refractivity contribution in [2.75, 3.05) is 6.54 Å². The second kappa shape index (κ2) is 5.40. The lowest BCUT2D eigenvalue weighted by Gasteiger charge is -2.33. The Morgan fingerprint density at radius 3 is 1.67 bits per heavy atom. The SMILES string of the molecule is CC(C)(C)C(=O)C1CC(C(C)(C)C)CN1C(=O)C(C)(C)C. The largest absolute Gasteiger partial charge is 0.332 e. The van der Waals surface area contributed by atoms with Crippen LogP contribution in [0.15, 0.2) is 0 Å². The molecule has 0 aromatic rings. The van der Waals surface area contributed by atoms with Crippen LogP contribution >= 0.6 is 0 Å². The fourth-order valence-corrected chi connectivity index (χ4v) is 2.87. The summed E-state index contributed by atoms with van der Waals surface area (Å²) in [5, 5.41) is 0. The van der Waals surface area contributed by atoms with Crippen LogP contribution in [-0.4, -0.2) is 29.2 Å². The maximum absolute atomic E-state index is 12.8. The minimum Gasteiger partial charge on any atom is -0.332 e. The van der Waals surface area contributed by atoms with Gasteiger partial charge in [0.1, 0.15) is 0 Å². The average Bonchev–Trinajstić information content (AvgIpc) is 2.68. The summed E-state index contributed by atoms with van der Waals surface area (Å²) in [6.45, 7) is 18.9. The van der Waals surface area contributed by atoms with Crippen molar-refractivity contribution in [3.05, 3.63) is 0 Å². The third-order valence-electron chi connectivity index (χ3n) is 4.47. The predicted octanol–water partition coefficient (Wildman–Crippen LogP) is 3.91. The van der Waals surface area contributed by atoms with E-state index in [9.17, 15) is 9.59 Å². The van der Waals surface area contributed by atoms with Crippen molar-refractivity contribution in [3.8, 4) is 0 Å². The number of carbonyl (C=O) groups excluding carboxylic acids is 2. The molecule has 1 aliphatic rings. The van der Waals surface area contributed by atoms with E-state index >= 15 is 0 Å². The number of nitrogens with zero attached hydrogens (tertiary/aromatic N) is 1. The van der Waals surface area contributed by atoms with Crippen molar-refractivity contribution in [1.29, 1.82) is 0 Å². The summed E-state index contributed by atoms with van der Waals surface area (Å²) < 4.78 is 0. The second-order valence-corrected chi connectivity index (χ2v) is 9.64. The molecule has 0 bridgehead atoms. The molecule has 1 aliphatic heterocycles. The number of likely N-dealkylation sites (tertiary alicyclic amines) is 1. The highest BCUT2D eigenvalue weighted by molar-refractivity contribution is 5.94. The molecule has 0 aromatic heterocycles. The van der Waals surface area contributed by atoms with Crippen LogP contribution in [0.1, 0.15) is 68.7 Å². The van der Waals surface area contributed by atoms with E-state index < -0.39 is 10.8 Å². The van der Waals surface area contributed by atoms with Crippen molar-refractivity contribution >= 4 is 11.7 Å². The van der Waals surface area contributed by atoms with Crippen LogP contribution in [-0.2, 0) is 9.59 Å². The monoisotopic (exact) mass is 295 g/mol. The summed E-state index contributed by atoms with van der Waals surface area (Å²) >= 11 is 0. The number of hydrogen-bond donors (Lipinski definition) is 0. The minimum atomic E-state index is -0.441. The molecule has 122 valence electrons. The average molecular weight is 295 g/mol. The van der Waals surface area contributed by atoms with E-state index in [-0.39, 0.29) is 23.1 Å². The molecule has 21 heavy (non-hydrogen) atoms. The van der Waals surface area contributed by atoms with Gasteiger partial charge in [0.2, 0.25) is 5.91 Å². The van der Waals surface area contributed by atoms with Gasteiger partial charge in [-0.1, -0.05) is 62.3 Å². The highest BCUT2D eigenvalue weighted by atomic mass is 16.2. The lowest BCUT2D eigenvalue weighted by molar-refractivity contribution is -0.146. The molecule has 1 heterocycles. The first-order valence-corrected chi connectivity index (χ1v) is 8.01. The molecule has 0 saturated carbocycles. The van der Waals surface area contributed by atoms with Gasteiger partial charge in [0.05, 0.1) is 6.04 Å². The van der Waals surface area contributed by atoms with Crippen molar-refractivity contribution in [2.45, 2.75) is 74.8 Å². The number of rotatable bonds is 1. The quantitative estimate of drug-likeness (QED) is 0.735. The molecule has 0 aliphatic carbocycles. The Kier molecular flexibility index (Phi) is 4.68. The Bertz CT molecular complexity index is 384. The molecule has 2 unspecified atom stereocenters. The molecule has 1 amide bonds. The van der Waals surface area contributed by atoms with Crippen molar-refractivity contribution in [1.82, 2.24) is 4.90 Å². The van der Waals surface area contributed by atoms with E-state index in [4.69, 9.17) is 0 Å². The zero-order valence-corrected chi connectivity index (χ0v) is 15.3. The van der Waals surface area contributed by atoms with Crippen LogP contribution in [0.3, 0.4) is 0 Å². The minimum absolute atomic E-state index is 0.0943. The molecule has 0 N–H and O–H groups in total. The molecule has 1 fully saturated rings. The Morgan fingerprint density at radius 1 is 0.857 bits per heavy atom. The summed E-state index contributed by atoms with van der Waals surface area (Å²) in [5.74, 6) is 0.656. The lowest BCUT2D eigenvalue weighted by Crippen LogP contribution is -2.48. The first kappa shape index (κ1) is 18.2. The zero-order chi connectivity index (χ0) is 16.8. The Balaban J connectivity index is 3.12. The molecule has 0 aromatic carbocycles. The van der Waals surface area contributed by atoms with E-state index in [0.717, 1.165) is 6.42 Å². The van der Waals surface area contributed by atoms with E-state index in [1.165, 1.54) is 0 Å². The first-order chi connectivity index (χ1) is 9.15. The number of hydrogen-bond acceptors (Lipinski definition) is 2. The van der Waals surface area contributed by atoms with Crippen LogP contribution in [0.4, 0.5) is 0 Å². The van der Waals surface area contributed by atoms with Crippen LogP contribution < -0.4 is 0 Å². The molecule has 3 nitrogen and oxygen atoms in total.